The van der Waals surface area contributed by atoms with Gasteiger partial charge in [0.2, 0.25) is 0 Å². The van der Waals surface area contributed by atoms with Gasteiger partial charge < -0.3 is 0 Å². The molecule has 0 aliphatic heterocycles. The van der Waals surface area contributed by atoms with Crippen LogP contribution in [-0.4, -0.2) is 15.0 Å². The predicted molar refractivity (Wildman–Crippen MR) is 58.2 cm³/mol. The third kappa shape index (κ3) is 1.97. The minimum absolute atomic E-state index is 0.253. The molecule has 1 rings (SSSR count). The first-order valence-corrected chi connectivity index (χ1v) is 5.55. The lowest BCUT2D eigenvalue weighted by Gasteiger charge is -2.28. The largest absolute Gasteiger partial charge is 0.255 e. The van der Waals surface area contributed by atoms with Gasteiger partial charge in [0.25, 0.3) is 0 Å². The standard InChI is InChI=1S/C11H21N3/c1-5-8-11(6-2,7-3)10-9-14(4)13-12-10/h9H,5-8H2,1-4H3. The Morgan fingerprint density at radius 3 is 2.29 bits per heavy atom. The van der Waals surface area contributed by atoms with Crippen molar-refractivity contribution in [2.24, 2.45) is 7.05 Å². The second kappa shape index (κ2) is 4.58. The van der Waals surface area contributed by atoms with Crippen molar-refractivity contribution in [2.75, 3.05) is 0 Å². The number of hydrogen-bond acceptors (Lipinski definition) is 2. The smallest absolute Gasteiger partial charge is 0.0888 e. The molecule has 14 heavy (non-hydrogen) atoms. The van der Waals surface area contributed by atoms with Gasteiger partial charge >= 0.3 is 0 Å². The molecule has 0 amide bonds. The van der Waals surface area contributed by atoms with Crippen LogP contribution >= 0.6 is 0 Å². The summed E-state index contributed by atoms with van der Waals surface area (Å²) in [6.07, 6.45) is 6.77. The molecule has 0 saturated heterocycles. The lowest BCUT2D eigenvalue weighted by atomic mass is 9.76. The summed E-state index contributed by atoms with van der Waals surface area (Å²) < 4.78 is 1.80. The highest BCUT2D eigenvalue weighted by atomic mass is 15.4. The van der Waals surface area contributed by atoms with Gasteiger partial charge in [-0.1, -0.05) is 32.4 Å². The van der Waals surface area contributed by atoms with E-state index in [1.165, 1.54) is 12.8 Å². The van der Waals surface area contributed by atoms with Crippen LogP contribution in [0.4, 0.5) is 0 Å². The summed E-state index contributed by atoms with van der Waals surface area (Å²) in [5.41, 5.74) is 1.41. The van der Waals surface area contributed by atoms with Crippen molar-refractivity contribution in [2.45, 2.75) is 51.9 Å². The summed E-state index contributed by atoms with van der Waals surface area (Å²) in [5, 5.41) is 8.29. The third-order valence-corrected chi connectivity index (χ3v) is 3.23. The normalized spacial score (nSPS) is 12.0. The van der Waals surface area contributed by atoms with E-state index in [0.29, 0.717) is 0 Å². The molecule has 1 heterocycles. The van der Waals surface area contributed by atoms with E-state index in [1.54, 1.807) is 4.68 Å². The number of aromatic nitrogens is 3. The topological polar surface area (TPSA) is 30.7 Å². The van der Waals surface area contributed by atoms with Crippen LogP contribution in [0.2, 0.25) is 0 Å². The molecule has 3 nitrogen and oxygen atoms in total. The molecule has 0 fully saturated rings. The van der Waals surface area contributed by atoms with E-state index in [2.05, 4.69) is 37.3 Å². The van der Waals surface area contributed by atoms with Crippen molar-refractivity contribution in [3.63, 3.8) is 0 Å². The fourth-order valence-corrected chi connectivity index (χ4v) is 2.16. The van der Waals surface area contributed by atoms with E-state index in [0.717, 1.165) is 18.5 Å². The zero-order valence-electron chi connectivity index (χ0n) is 9.75. The Morgan fingerprint density at radius 1 is 1.29 bits per heavy atom. The van der Waals surface area contributed by atoms with E-state index in [1.807, 2.05) is 7.05 Å². The second-order valence-electron chi connectivity index (χ2n) is 4.01. The maximum Gasteiger partial charge on any atom is 0.0888 e. The van der Waals surface area contributed by atoms with Crippen LogP contribution in [0.25, 0.3) is 0 Å². The van der Waals surface area contributed by atoms with E-state index >= 15 is 0 Å². The summed E-state index contributed by atoms with van der Waals surface area (Å²) in [6, 6.07) is 0. The van der Waals surface area contributed by atoms with Crippen LogP contribution in [0.15, 0.2) is 6.20 Å². The van der Waals surface area contributed by atoms with Crippen molar-refractivity contribution in [1.29, 1.82) is 0 Å². The van der Waals surface area contributed by atoms with Crippen molar-refractivity contribution >= 4 is 0 Å². The zero-order valence-corrected chi connectivity index (χ0v) is 9.75. The Kier molecular flexibility index (Phi) is 3.67. The highest BCUT2D eigenvalue weighted by molar-refractivity contribution is 5.11. The molecule has 80 valence electrons. The van der Waals surface area contributed by atoms with E-state index in [9.17, 15) is 0 Å². The summed E-state index contributed by atoms with van der Waals surface area (Å²) >= 11 is 0. The van der Waals surface area contributed by atoms with Crippen molar-refractivity contribution in [3.8, 4) is 0 Å². The van der Waals surface area contributed by atoms with Gasteiger partial charge in [-0.2, -0.15) is 0 Å². The van der Waals surface area contributed by atoms with Crippen LogP contribution in [0.3, 0.4) is 0 Å². The Morgan fingerprint density at radius 2 is 1.93 bits per heavy atom. The van der Waals surface area contributed by atoms with Crippen molar-refractivity contribution < 1.29 is 0 Å². The summed E-state index contributed by atoms with van der Waals surface area (Å²) in [6.45, 7) is 6.72. The van der Waals surface area contributed by atoms with Gasteiger partial charge in [0.05, 0.1) is 5.69 Å². The highest BCUT2D eigenvalue weighted by Crippen LogP contribution is 2.34. The first-order valence-electron chi connectivity index (χ1n) is 5.55. The molecule has 0 unspecified atom stereocenters. The third-order valence-electron chi connectivity index (χ3n) is 3.23. The number of aryl methyl sites for hydroxylation is 1. The highest BCUT2D eigenvalue weighted by Gasteiger charge is 2.30. The summed E-state index contributed by atoms with van der Waals surface area (Å²) in [5.74, 6) is 0. The molecule has 0 aliphatic carbocycles. The molecule has 1 aromatic rings. The lowest BCUT2D eigenvalue weighted by Crippen LogP contribution is -2.24. The molecule has 0 radical (unpaired) electrons. The molecule has 0 atom stereocenters. The quantitative estimate of drug-likeness (QED) is 0.723. The van der Waals surface area contributed by atoms with Gasteiger partial charge in [0, 0.05) is 18.7 Å². The molecule has 0 aromatic carbocycles. The molecule has 0 N–H and O–H groups in total. The number of hydrogen-bond donors (Lipinski definition) is 0. The number of nitrogens with zero attached hydrogens (tertiary/aromatic N) is 3. The van der Waals surface area contributed by atoms with Crippen molar-refractivity contribution in [3.05, 3.63) is 11.9 Å². The summed E-state index contributed by atoms with van der Waals surface area (Å²) in [7, 11) is 1.93. The SMILES string of the molecule is CCCC(CC)(CC)c1cn(C)nn1. The van der Waals surface area contributed by atoms with Crippen LogP contribution in [0.5, 0.6) is 0 Å². The van der Waals surface area contributed by atoms with Gasteiger partial charge in [-0.25, -0.2) is 0 Å². The minimum Gasteiger partial charge on any atom is -0.255 e. The van der Waals surface area contributed by atoms with Gasteiger partial charge in [0.15, 0.2) is 0 Å². The molecule has 0 spiro atoms. The van der Waals surface area contributed by atoms with Crippen molar-refractivity contribution in [1.82, 2.24) is 15.0 Å². The fraction of sp³-hybridized carbons (Fsp3) is 0.818. The van der Waals surface area contributed by atoms with Crippen LogP contribution in [0, 0.1) is 0 Å². The van der Waals surface area contributed by atoms with Gasteiger partial charge in [0.1, 0.15) is 0 Å². The van der Waals surface area contributed by atoms with Gasteiger partial charge in [-0.15, -0.1) is 5.10 Å². The maximum atomic E-state index is 4.26. The minimum atomic E-state index is 0.253. The van der Waals surface area contributed by atoms with Gasteiger partial charge in [-0.05, 0) is 19.3 Å². The average molecular weight is 195 g/mol. The first kappa shape index (κ1) is 11.2. The Labute approximate surface area is 86.5 Å². The Hall–Kier alpha value is -0.860. The molecular weight excluding hydrogens is 174 g/mol. The van der Waals surface area contributed by atoms with Crippen LogP contribution in [0.1, 0.15) is 52.1 Å². The zero-order chi connectivity index (χ0) is 10.6. The fourth-order valence-electron chi connectivity index (χ4n) is 2.16. The van der Waals surface area contributed by atoms with Gasteiger partial charge in [-0.3, -0.25) is 4.68 Å². The monoisotopic (exact) mass is 195 g/mol. The molecule has 3 heteroatoms. The number of rotatable bonds is 5. The predicted octanol–water partition coefficient (Wildman–Crippen LogP) is 2.67. The lowest BCUT2D eigenvalue weighted by molar-refractivity contribution is 0.351. The van der Waals surface area contributed by atoms with Crippen LogP contribution < -0.4 is 0 Å². The van der Waals surface area contributed by atoms with E-state index in [4.69, 9.17) is 0 Å². The Bertz CT molecular complexity index is 274. The van der Waals surface area contributed by atoms with E-state index < -0.39 is 0 Å². The molecule has 0 saturated carbocycles. The average Bonchev–Trinajstić information content (AvgIpc) is 2.62. The molecule has 0 bridgehead atoms. The molecule has 1 aromatic heterocycles. The second-order valence-corrected chi connectivity index (χ2v) is 4.01. The Balaban J connectivity index is 2.97. The maximum absolute atomic E-state index is 4.26. The van der Waals surface area contributed by atoms with E-state index in [-0.39, 0.29) is 5.41 Å². The summed E-state index contributed by atoms with van der Waals surface area (Å²) in [4.78, 5) is 0. The molecular formula is C11H21N3. The van der Waals surface area contributed by atoms with Crippen LogP contribution in [-0.2, 0) is 12.5 Å². The first-order chi connectivity index (χ1) is 6.68. The molecule has 0 aliphatic rings.